The lowest BCUT2D eigenvalue weighted by Crippen LogP contribution is -2.14. The van der Waals surface area contributed by atoms with Crippen LogP contribution >= 0.6 is 11.3 Å². The molecule has 4 aromatic rings. The fourth-order valence-corrected chi connectivity index (χ4v) is 4.95. The molecule has 0 amide bonds. The summed E-state index contributed by atoms with van der Waals surface area (Å²) in [6, 6.07) is 15.1. The quantitative estimate of drug-likeness (QED) is 0.399. The predicted molar refractivity (Wildman–Crippen MR) is 119 cm³/mol. The number of benzene rings is 2. The van der Waals surface area contributed by atoms with Crippen LogP contribution in [0.3, 0.4) is 0 Å². The fraction of sp³-hybridized carbons (Fsp3) is 0.150. The van der Waals surface area contributed by atoms with Crippen molar-refractivity contribution in [2.24, 2.45) is 0 Å². The van der Waals surface area contributed by atoms with Crippen molar-refractivity contribution >= 4 is 38.0 Å². The summed E-state index contributed by atoms with van der Waals surface area (Å²) in [6.07, 6.45) is 0. The van der Waals surface area contributed by atoms with Crippen LogP contribution < -0.4 is 10.0 Å². The Morgan fingerprint density at radius 1 is 1.12 bits per heavy atom. The molecule has 0 atom stereocenters. The molecule has 9 nitrogen and oxygen atoms in total. The van der Waals surface area contributed by atoms with Crippen LogP contribution in [0.5, 0.6) is 0 Å². The number of aryl methyl sites for hydroxylation is 1. The second-order valence-electron chi connectivity index (χ2n) is 6.73. The number of hydrogen-bond acceptors (Lipinski definition) is 8. The van der Waals surface area contributed by atoms with E-state index in [1.807, 2.05) is 43.3 Å². The van der Waals surface area contributed by atoms with Crippen LogP contribution in [-0.4, -0.2) is 35.5 Å². The maximum atomic E-state index is 14.8. The van der Waals surface area contributed by atoms with Crippen molar-refractivity contribution in [1.29, 1.82) is 0 Å². The highest BCUT2D eigenvalue weighted by molar-refractivity contribution is 7.93. The Labute approximate surface area is 187 Å². The highest BCUT2D eigenvalue weighted by atomic mass is 32.2. The minimum absolute atomic E-state index is 0.0286. The van der Waals surface area contributed by atoms with Crippen molar-refractivity contribution in [2.75, 3.05) is 17.1 Å². The Balaban J connectivity index is 1.56. The average molecular weight is 475 g/mol. The van der Waals surface area contributed by atoms with E-state index in [4.69, 9.17) is 4.74 Å². The van der Waals surface area contributed by atoms with Crippen LogP contribution in [0.15, 0.2) is 59.5 Å². The van der Waals surface area contributed by atoms with E-state index < -0.39 is 20.7 Å². The van der Waals surface area contributed by atoms with Crippen LogP contribution in [0.1, 0.15) is 10.7 Å². The summed E-state index contributed by atoms with van der Waals surface area (Å²) < 4.78 is 48.9. The van der Waals surface area contributed by atoms with Crippen molar-refractivity contribution in [3.63, 3.8) is 0 Å². The van der Waals surface area contributed by atoms with E-state index in [2.05, 4.69) is 25.3 Å². The van der Waals surface area contributed by atoms with Gasteiger partial charge in [-0.05, 0) is 37.3 Å². The summed E-state index contributed by atoms with van der Waals surface area (Å²) in [5.41, 5.74) is 1.97. The molecule has 2 aromatic carbocycles. The molecule has 0 spiro atoms. The number of rotatable bonds is 8. The van der Waals surface area contributed by atoms with Gasteiger partial charge in [0.25, 0.3) is 10.0 Å². The Morgan fingerprint density at radius 3 is 2.62 bits per heavy atom. The van der Waals surface area contributed by atoms with Crippen LogP contribution in [-0.2, 0) is 21.4 Å². The number of para-hydroxylation sites is 1. The minimum Gasteiger partial charge on any atom is -0.377 e. The number of ether oxygens (including phenoxy) is 1. The fourth-order valence-electron chi connectivity index (χ4n) is 2.95. The van der Waals surface area contributed by atoms with Gasteiger partial charge in [-0.3, -0.25) is 4.72 Å². The lowest BCUT2D eigenvalue weighted by atomic mass is 10.3. The van der Waals surface area contributed by atoms with Gasteiger partial charge < -0.3 is 10.1 Å². The third kappa shape index (κ3) is 4.77. The first-order valence-corrected chi connectivity index (χ1v) is 11.7. The van der Waals surface area contributed by atoms with Crippen molar-refractivity contribution in [1.82, 2.24) is 20.0 Å². The van der Waals surface area contributed by atoms with Gasteiger partial charge >= 0.3 is 0 Å². The SMILES string of the molecule is COCc1nnc(NS(=O)(=O)c2ccc(Nc3cc(C)nn3-c3ccccc3)cc2F)s1. The molecule has 0 saturated heterocycles. The molecule has 0 aliphatic rings. The monoisotopic (exact) mass is 474 g/mol. The topological polar surface area (TPSA) is 111 Å². The molecule has 2 aromatic heterocycles. The first kappa shape index (κ1) is 21.9. The number of methoxy groups -OCH3 is 1. The average Bonchev–Trinajstić information content (AvgIpc) is 3.34. The van der Waals surface area contributed by atoms with E-state index >= 15 is 0 Å². The molecule has 12 heteroatoms. The smallest absolute Gasteiger partial charge is 0.266 e. The summed E-state index contributed by atoms with van der Waals surface area (Å²) in [6.45, 7) is 2.05. The van der Waals surface area contributed by atoms with Gasteiger partial charge in [0.1, 0.15) is 28.1 Å². The molecule has 2 N–H and O–H groups in total. The van der Waals surface area contributed by atoms with Crippen LogP contribution in [0.4, 0.5) is 21.0 Å². The van der Waals surface area contributed by atoms with Gasteiger partial charge in [-0.25, -0.2) is 17.5 Å². The van der Waals surface area contributed by atoms with Gasteiger partial charge in [-0.1, -0.05) is 29.5 Å². The molecule has 0 radical (unpaired) electrons. The van der Waals surface area contributed by atoms with Gasteiger partial charge in [0.15, 0.2) is 0 Å². The summed E-state index contributed by atoms with van der Waals surface area (Å²) in [4.78, 5) is -0.501. The van der Waals surface area contributed by atoms with Crippen LogP contribution in [0.2, 0.25) is 0 Å². The number of nitrogens with zero attached hydrogens (tertiary/aromatic N) is 4. The third-order valence-electron chi connectivity index (χ3n) is 4.28. The van der Waals surface area contributed by atoms with E-state index in [-0.39, 0.29) is 11.7 Å². The Kier molecular flexibility index (Phi) is 6.17. The summed E-state index contributed by atoms with van der Waals surface area (Å²) in [7, 11) is -2.70. The van der Waals surface area contributed by atoms with E-state index in [9.17, 15) is 12.8 Å². The molecule has 0 fully saturated rings. The van der Waals surface area contributed by atoms with Crippen molar-refractivity contribution in [2.45, 2.75) is 18.4 Å². The van der Waals surface area contributed by atoms with Gasteiger partial charge in [0.2, 0.25) is 5.13 Å². The van der Waals surface area contributed by atoms with Crippen molar-refractivity contribution < 1.29 is 17.5 Å². The lowest BCUT2D eigenvalue weighted by molar-refractivity contribution is 0.184. The largest absolute Gasteiger partial charge is 0.377 e. The summed E-state index contributed by atoms with van der Waals surface area (Å²) in [5.74, 6) is -0.298. The highest BCUT2D eigenvalue weighted by Crippen LogP contribution is 2.26. The molecule has 2 heterocycles. The first-order valence-electron chi connectivity index (χ1n) is 9.38. The molecule has 4 rings (SSSR count). The maximum absolute atomic E-state index is 14.8. The number of halogens is 1. The van der Waals surface area contributed by atoms with Gasteiger partial charge in [0, 0.05) is 18.9 Å². The Morgan fingerprint density at radius 2 is 1.91 bits per heavy atom. The summed E-state index contributed by atoms with van der Waals surface area (Å²) >= 11 is 1.01. The van der Waals surface area contributed by atoms with E-state index in [1.54, 1.807) is 4.68 Å². The number of nitrogens with one attached hydrogen (secondary N) is 2. The molecular weight excluding hydrogens is 455 g/mol. The van der Waals surface area contributed by atoms with Crippen LogP contribution in [0, 0.1) is 12.7 Å². The predicted octanol–water partition coefficient (Wildman–Crippen LogP) is 3.86. The van der Waals surface area contributed by atoms with Crippen molar-refractivity contribution in [3.05, 3.63) is 71.1 Å². The van der Waals surface area contributed by atoms with Crippen molar-refractivity contribution in [3.8, 4) is 5.69 Å². The Hall–Kier alpha value is -3.35. The second-order valence-corrected chi connectivity index (χ2v) is 9.44. The first-order chi connectivity index (χ1) is 15.4. The molecule has 0 aliphatic carbocycles. The van der Waals surface area contributed by atoms with E-state index in [0.29, 0.717) is 16.5 Å². The normalized spacial score (nSPS) is 11.5. The van der Waals surface area contributed by atoms with Crippen LogP contribution in [0.25, 0.3) is 5.69 Å². The van der Waals surface area contributed by atoms with Gasteiger partial charge in [0.05, 0.1) is 11.4 Å². The lowest BCUT2D eigenvalue weighted by Gasteiger charge is -2.11. The molecule has 166 valence electrons. The molecule has 0 aliphatic heterocycles. The number of anilines is 3. The highest BCUT2D eigenvalue weighted by Gasteiger charge is 2.22. The number of hydrogen-bond donors (Lipinski definition) is 2. The standard InChI is InChI=1S/C20H19FN6O3S2/c1-13-10-18(27(25-13)15-6-4-3-5-7-15)22-14-8-9-17(16(21)11-14)32(28,29)26-20-24-23-19(31-20)12-30-2/h3-11,22H,12H2,1-2H3,(H,24,26). The minimum atomic E-state index is -4.19. The zero-order valence-electron chi connectivity index (χ0n) is 17.1. The molecule has 0 saturated carbocycles. The third-order valence-corrected chi connectivity index (χ3v) is 6.60. The van der Waals surface area contributed by atoms with Gasteiger partial charge in [-0.2, -0.15) is 5.10 Å². The van der Waals surface area contributed by atoms with E-state index in [0.717, 1.165) is 28.8 Å². The Bertz CT molecular complexity index is 1340. The zero-order valence-corrected chi connectivity index (χ0v) is 18.7. The maximum Gasteiger partial charge on any atom is 0.266 e. The molecule has 0 bridgehead atoms. The van der Waals surface area contributed by atoms with E-state index in [1.165, 1.54) is 19.2 Å². The molecule has 32 heavy (non-hydrogen) atoms. The van der Waals surface area contributed by atoms with Gasteiger partial charge in [-0.15, -0.1) is 10.2 Å². The molecular formula is C20H19FN6O3S2. The molecule has 0 unspecified atom stereocenters. The number of aromatic nitrogens is 4. The number of sulfonamides is 1. The zero-order chi connectivity index (χ0) is 22.7. The second kappa shape index (κ2) is 9.02. The summed E-state index contributed by atoms with van der Waals surface area (Å²) in [5, 5.41) is 15.6.